The number of nitrogens with zero attached hydrogens (tertiary/aromatic N) is 3. The van der Waals surface area contributed by atoms with Gasteiger partial charge in [0.15, 0.2) is 10.6 Å². The molecule has 3 heterocycles. The van der Waals surface area contributed by atoms with Crippen LogP contribution in [-0.4, -0.2) is 64.0 Å². The van der Waals surface area contributed by atoms with Crippen LogP contribution in [0.5, 0.6) is 0 Å². The van der Waals surface area contributed by atoms with Gasteiger partial charge < -0.3 is 10.1 Å². The van der Waals surface area contributed by atoms with Crippen molar-refractivity contribution in [3.63, 3.8) is 0 Å². The molecular weight excluding hydrogens is 406 g/mol. The van der Waals surface area contributed by atoms with E-state index < -0.39 is 0 Å². The van der Waals surface area contributed by atoms with Gasteiger partial charge >= 0.3 is 0 Å². The number of carbonyl (C=O) groups is 1. The lowest BCUT2D eigenvalue weighted by atomic mass is 9.79. The van der Waals surface area contributed by atoms with Gasteiger partial charge in [-0.25, -0.2) is 0 Å². The van der Waals surface area contributed by atoms with E-state index in [0.29, 0.717) is 17.7 Å². The first-order valence-electron chi connectivity index (χ1n) is 10.5. The van der Waals surface area contributed by atoms with Crippen molar-refractivity contribution < 1.29 is 9.53 Å². The molecule has 0 atom stereocenters. The van der Waals surface area contributed by atoms with Crippen molar-refractivity contribution in [3.05, 3.63) is 22.3 Å². The second-order valence-corrected chi connectivity index (χ2v) is 9.23. The van der Waals surface area contributed by atoms with Crippen molar-refractivity contribution in [2.45, 2.75) is 50.6 Å². The molecule has 2 aromatic heterocycles. The predicted octanol–water partition coefficient (Wildman–Crippen LogP) is 3.21. The van der Waals surface area contributed by atoms with Crippen LogP contribution in [0.4, 0.5) is 0 Å². The highest BCUT2D eigenvalue weighted by Gasteiger charge is 2.38. The van der Waals surface area contributed by atoms with Gasteiger partial charge in [-0.1, -0.05) is 25.3 Å². The summed E-state index contributed by atoms with van der Waals surface area (Å²) in [5.74, 6) is 0.873. The number of hydrogen-bond donors (Lipinski definition) is 2. The number of rotatable bonds is 7. The number of H-pyrrole nitrogens is 1. The van der Waals surface area contributed by atoms with Crippen molar-refractivity contribution in [3.8, 4) is 10.7 Å². The van der Waals surface area contributed by atoms with Crippen molar-refractivity contribution in [1.82, 2.24) is 25.0 Å². The van der Waals surface area contributed by atoms with Gasteiger partial charge in [0.2, 0.25) is 5.91 Å². The molecule has 1 aliphatic heterocycles. The van der Waals surface area contributed by atoms with Crippen LogP contribution in [0.3, 0.4) is 0 Å². The van der Waals surface area contributed by atoms with Crippen molar-refractivity contribution >= 4 is 29.5 Å². The largest absolute Gasteiger partial charge is 0.379 e. The Bertz CT molecular complexity index is 849. The lowest BCUT2D eigenvalue weighted by Crippen LogP contribution is -2.59. The third-order valence-electron chi connectivity index (χ3n) is 6.14. The topological polar surface area (TPSA) is 75.2 Å². The zero-order chi connectivity index (χ0) is 20.1. The van der Waals surface area contributed by atoms with E-state index in [1.807, 2.05) is 22.1 Å². The van der Waals surface area contributed by atoms with Crippen LogP contribution >= 0.6 is 23.6 Å². The van der Waals surface area contributed by atoms with Crippen LogP contribution < -0.4 is 5.32 Å². The molecule has 0 bridgehead atoms. The highest BCUT2D eigenvalue weighted by Crippen LogP contribution is 2.34. The number of hydrogen-bond acceptors (Lipinski definition) is 6. The van der Waals surface area contributed by atoms with Crippen molar-refractivity contribution in [2.24, 2.45) is 0 Å². The maximum Gasteiger partial charge on any atom is 0.221 e. The Morgan fingerprint density at radius 3 is 2.83 bits per heavy atom. The van der Waals surface area contributed by atoms with Gasteiger partial charge in [0.25, 0.3) is 0 Å². The fraction of sp³-hybridized carbons (Fsp3) is 0.650. The van der Waals surface area contributed by atoms with Gasteiger partial charge in [-0.3, -0.25) is 19.4 Å². The fourth-order valence-electron chi connectivity index (χ4n) is 4.54. The van der Waals surface area contributed by atoms with Crippen LogP contribution in [-0.2, 0) is 16.1 Å². The smallest absolute Gasteiger partial charge is 0.221 e. The van der Waals surface area contributed by atoms with E-state index in [1.165, 1.54) is 19.3 Å². The minimum Gasteiger partial charge on any atom is -0.379 e. The maximum absolute atomic E-state index is 12.7. The Morgan fingerprint density at radius 1 is 1.31 bits per heavy atom. The lowest BCUT2D eigenvalue weighted by molar-refractivity contribution is -0.122. The number of amides is 1. The minimum absolute atomic E-state index is 0.0726. The molecule has 0 unspecified atom stereocenters. The Hall–Kier alpha value is -1.55. The molecule has 9 heteroatoms. The summed E-state index contributed by atoms with van der Waals surface area (Å²) in [6.45, 7) is 4.76. The molecule has 7 nitrogen and oxygen atoms in total. The second kappa shape index (κ2) is 9.51. The number of carbonyl (C=O) groups excluding carboxylic acids is 1. The Balaban J connectivity index is 1.36. The highest BCUT2D eigenvalue weighted by molar-refractivity contribution is 7.71. The van der Waals surface area contributed by atoms with Gasteiger partial charge in [-0.05, 0) is 36.5 Å². The molecule has 1 saturated heterocycles. The standard InChI is InChI=1S/C20H29N5O2S2/c26-17(6-9-25-18(22-23-19(25)28)16-5-4-14-29-16)21-15-20(7-2-1-3-8-20)24-10-12-27-13-11-24/h4-5,14H,1-3,6-13,15H2,(H,21,26)(H,23,28). The molecule has 1 aliphatic carbocycles. The highest BCUT2D eigenvalue weighted by atomic mass is 32.1. The number of nitrogens with one attached hydrogen (secondary N) is 2. The molecule has 2 aliphatic rings. The quantitative estimate of drug-likeness (QED) is 0.653. The van der Waals surface area contributed by atoms with E-state index >= 15 is 0 Å². The molecule has 0 spiro atoms. The fourth-order valence-corrected chi connectivity index (χ4v) is 5.48. The first kappa shape index (κ1) is 20.7. The summed E-state index contributed by atoms with van der Waals surface area (Å²) in [5.41, 5.74) is 0.0891. The van der Waals surface area contributed by atoms with Gasteiger partial charge in [0.1, 0.15) is 0 Å². The monoisotopic (exact) mass is 435 g/mol. The first-order valence-corrected chi connectivity index (χ1v) is 11.8. The third kappa shape index (κ3) is 4.79. The molecule has 0 aromatic carbocycles. The molecule has 158 valence electrons. The second-order valence-electron chi connectivity index (χ2n) is 7.89. The molecule has 1 saturated carbocycles. The molecule has 4 rings (SSSR count). The lowest BCUT2D eigenvalue weighted by Gasteiger charge is -2.48. The van der Waals surface area contributed by atoms with E-state index in [0.717, 1.165) is 56.4 Å². The van der Waals surface area contributed by atoms with Crippen LogP contribution in [0.15, 0.2) is 17.5 Å². The Labute approximate surface area is 180 Å². The summed E-state index contributed by atoms with van der Waals surface area (Å²) in [7, 11) is 0. The normalized spacial score (nSPS) is 19.9. The summed E-state index contributed by atoms with van der Waals surface area (Å²) >= 11 is 6.98. The average Bonchev–Trinajstić information content (AvgIpc) is 3.42. The minimum atomic E-state index is 0.0726. The van der Waals surface area contributed by atoms with Gasteiger partial charge in [-0.15, -0.1) is 11.3 Å². The average molecular weight is 436 g/mol. The van der Waals surface area contributed by atoms with E-state index in [-0.39, 0.29) is 11.4 Å². The van der Waals surface area contributed by atoms with Crippen LogP contribution in [0.1, 0.15) is 38.5 Å². The Morgan fingerprint density at radius 2 is 2.10 bits per heavy atom. The van der Waals surface area contributed by atoms with Crippen LogP contribution in [0, 0.1) is 4.77 Å². The molecule has 29 heavy (non-hydrogen) atoms. The van der Waals surface area contributed by atoms with Gasteiger partial charge in [-0.2, -0.15) is 5.10 Å². The molecule has 2 N–H and O–H groups in total. The zero-order valence-electron chi connectivity index (χ0n) is 16.7. The summed E-state index contributed by atoms with van der Waals surface area (Å²) in [5, 5.41) is 12.4. The molecule has 0 radical (unpaired) electrons. The van der Waals surface area contributed by atoms with E-state index in [1.54, 1.807) is 11.3 Å². The van der Waals surface area contributed by atoms with Crippen LogP contribution in [0.25, 0.3) is 10.7 Å². The van der Waals surface area contributed by atoms with Gasteiger partial charge in [0, 0.05) is 38.1 Å². The number of ether oxygens (including phenoxy) is 1. The SMILES string of the molecule is O=C(CCn1c(-c2cccs2)n[nH]c1=S)NCC1(N2CCOCC2)CCCCC1. The number of aromatic nitrogens is 3. The summed E-state index contributed by atoms with van der Waals surface area (Å²) < 4.78 is 8.01. The molecule has 2 aromatic rings. The summed E-state index contributed by atoms with van der Waals surface area (Å²) in [6, 6.07) is 4.01. The first-order chi connectivity index (χ1) is 14.2. The molecule has 2 fully saturated rings. The number of aromatic amines is 1. The Kier molecular flexibility index (Phi) is 6.79. The van der Waals surface area contributed by atoms with Crippen molar-refractivity contribution in [2.75, 3.05) is 32.8 Å². The molecular formula is C20H29N5O2S2. The number of morpholine rings is 1. The maximum atomic E-state index is 12.7. The summed E-state index contributed by atoms with van der Waals surface area (Å²) in [4.78, 5) is 16.3. The van der Waals surface area contributed by atoms with E-state index in [4.69, 9.17) is 17.0 Å². The van der Waals surface area contributed by atoms with E-state index in [2.05, 4.69) is 20.4 Å². The van der Waals surface area contributed by atoms with Gasteiger partial charge in [0.05, 0.1) is 18.1 Å². The third-order valence-corrected chi connectivity index (χ3v) is 7.32. The predicted molar refractivity (Wildman–Crippen MR) is 117 cm³/mol. The number of thiophene rings is 1. The van der Waals surface area contributed by atoms with E-state index in [9.17, 15) is 4.79 Å². The zero-order valence-corrected chi connectivity index (χ0v) is 18.3. The molecule has 1 amide bonds. The van der Waals surface area contributed by atoms with Crippen LogP contribution in [0.2, 0.25) is 0 Å². The van der Waals surface area contributed by atoms with Crippen molar-refractivity contribution in [1.29, 1.82) is 0 Å². The summed E-state index contributed by atoms with van der Waals surface area (Å²) in [6.07, 6.45) is 6.48.